The van der Waals surface area contributed by atoms with E-state index in [4.69, 9.17) is 9.73 Å². The van der Waals surface area contributed by atoms with Gasteiger partial charge in [-0.2, -0.15) is 0 Å². The van der Waals surface area contributed by atoms with Crippen LogP contribution < -0.4 is 10.1 Å². The molecule has 0 atom stereocenters. The highest BCUT2D eigenvalue weighted by atomic mass is 16.5. The topological polar surface area (TPSA) is 67.6 Å². The molecule has 2 aromatic carbocycles. The van der Waals surface area contributed by atoms with Crippen LogP contribution >= 0.6 is 0 Å². The van der Waals surface area contributed by atoms with Crippen molar-refractivity contribution in [3.05, 3.63) is 72.8 Å². The smallest absolute Gasteiger partial charge is 0.194 e. The van der Waals surface area contributed by atoms with Gasteiger partial charge >= 0.3 is 0 Å². The van der Waals surface area contributed by atoms with Crippen molar-refractivity contribution in [3.8, 4) is 11.4 Å². The number of aromatic nitrogens is 3. The Bertz CT molecular complexity index is 933. The SMILES string of the molecule is CCNC(=NCc1nncn1-c1ccccc1)N1CCC(Oc2ccccc2)CC1. The minimum atomic E-state index is 0.243. The van der Waals surface area contributed by atoms with Crippen molar-refractivity contribution in [1.82, 2.24) is 25.0 Å². The van der Waals surface area contributed by atoms with Crippen LogP contribution in [0, 0.1) is 0 Å². The Labute approximate surface area is 177 Å². The number of hydrogen-bond acceptors (Lipinski definition) is 4. The number of ether oxygens (including phenoxy) is 1. The first-order valence-electron chi connectivity index (χ1n) is 10.5. The lowest BCUT2D eigenvalue weighted by Gasteiger charge is -2.34. The summed E-state index contributed by atoms with van der Waals surface area (Å²) in [6, 6.07) is 20.2. The summed E-state index contributed by atoms with van der Waals surface area (Å²) in [7, 11) is 0. The summed E-state index contributed by atoms with van der Waals surface area (Å²) in [4.78, 5) is 7.15. The van der Waals surface area contributed by atoms with Gasteiger partial charge in [-0.3, -0.25) is 4.57 Å². The van der Waals surface area contributed by atoms with Gasteiger partial charge in [0.1, 0.15) is 24.7 Å². The van der Waals surface area contributed by atoms with Crippen LogP contribution in [0.25, 0.3) is 5.69 Å². The van der Waals surface area contributed by atoms with Gasteiger partial charge in [-0.05, 0) is 31.2 Å². The maximum absolute atomic E-state index is 6.12. The van der Waals surface area contributed by atoms with Gasteiger partial charge in [0.05, 0.1) is 0 Å². The monoisotopic (exact) mass is 404 g/mol. The summed E-state index contributed by atoms with van der Waals surface area (Å²) >= 11 is 0. The van der Waals surface area contributed by atoms with Crippen molar-refractivity contribution in [2.24, 2.45) is 4.99 Å². The van der Waals surface area contributed by atoms with Gasteiger partial charge < -0.3 is 15.0 Å². The van der Waals surface area contributed by atoms with Crippen LogP contribution in [0.2, 0.25) is 0 Å². The number of benzene rings is 2. The molecule has 7 heteroatoms. The van der Waals surface area contributed by atoms with Gasteiger partial charge in [0.2, 0.25) is 0 Å². The average Bonchev–Trinajstić information content (AvgIpc) is 3.27. The molecule has 1 saturated heterocycles. The molecule has 3 aromatic rings. The van der Waals surface area contributed by atoms with E-state index in [0.29, 0.717) is 6.54 Å². The average molecular weight is 405 g/mol. The Hall–Kier alpha value is -3.35. The van der Waals surface area contributed by atoms with E-state index in [1.54, 1.807) is 6.33 Å². The van der Waals surface area contributed by atoms with E-state index in [9.17, 15) is 0 Å². The fraction of sp³-hybridized carbons (Fsp3) is 0.348. The largest absolute Gasteiger partial charge is 0.490 e. The van der Waals surface area contributed by atoms with E-state index in [2.05, 4.69) is 27.3 Å². The van der Waals surface area contributed by atoms with Crippen molar-refractivity contribution in [1.29, 1.82) is 0 Å². The summed E-state index contributed by atoms with van der Waals surface area (Å²) in [5.41, 5.74) is 1.04. The molecule has 1 aromatic heterocycles. The lowest BCUT2D eigenvalue weighted by Crippen LogP contribution is -2.47. The molecule has 1 N–H and O–H groups in total. The first-order valence-corrected chi connectivity index (χ1v) is 10.5. The maximum Gasteiger partial charge on any atom is 0.194 e. The minimum absolute atomic E-state index is 0.243. The van der Waals surface area contributed by atoms with Crippen LogP contribution in [0.1, 0.15) is 25.6 Å². The van der Waals surface area contributed by atoms with Gasteiger partial charge in [0.25, 0.3) is 0 Å². The van der Waals surface area contributed by atoms with Crippen molar-refractivity contribution >= 4 is 5.96 Å². The summed E-state index contributed by atoms with van der Waals surface area (Å²) < 4.78 is 8.10. The normalized spacial score (nSPS) is 15.2. The molecule has 0 amide bonds. The third-order valence-corrected chi connectivity index (χ3v) is 5.15. The Morgan fingerprint density at radius 1 is 1.07 bits per heavy atom. The Kier molecular flexibility index (Phi) is 6.59. The fourth-order valence-corrected chi connectivity index (χ4v) is 3.62. The number of nitrogens with one attached hydrogen (secondary N) is 1. The van der Waals surface area contributed by atoms with E-state index in [0.717, 1.165) is 55.7 Å². The molecular weight excluding hydrogens is 376 g/mol. The van der Waals surface area contributed by atoms with Gasteiger partial charge in [-0.25, -0.2) is 4.99 Å². The highest BCUT2D eigenvalue weighted by molar-refractivity contribution is 5.80. The zero-order valence-corrected chi connectivity index (χ0v) is 17.3. The lowest BCUT2D eigenvalue weighted by atomic mass is 10.1. The standard InChI is InChI=1S/C23H28N6O/c1-2-24-23(25-17-22-27-26-18-29(22)19-9-5-3-6-10-19)28-15-13-21(14-16-28)30-20-11-7-4-8-12-20/h3-12,18,21H,2,13-17H2,1H3,(H,24,25). The van der Waals surface area contributed by atoms with Crippen LogP contribution in [0.5, 0.6) is 5.75 Å². The number of para-hydroxylation sites is 2. The molecule has 1 fully saturated rings. The Morgan fingerprint density at radius 3 is 2.47 bits per heavy atom. The van der Waals surface area contributed by atoms with Crippen LogP contribution in [0.4, 0.5) is 0 Å². The number of rotatable bonds is 6. The van der Waals surface area contributed by atoms with Crippen molar-refractivity contribution in [3.63, 3.8) is 0 Å². The maximum atomic E-state index is 6.12. The van der Waals surface area contributed by atoms with Crippen LogP contribution in [0.3, 0.4) is 0 Å². The lowest BCUT2D eigenvalue weighted by molar-refractivity contribution is 0.129. The number of piperidine rings is 1. The molecule has 156 valence electrons. The third kappa shape index (κ3) is 4.97. The summed E-state index contributed by atoms with van der Waals surface area (Å²) in [5, 5.41) is 11.8. The summed E-state index contributed by atoms with van der Waals surface area (Å²) in [5.74, 6) is 2.67. The predicted molar refractivity (Wildman–Crippen MR) is 118 cm³/mol. The zero-order valence-electron chi connectivity index (χ0n) is 17.3. The van der Waals surface area contributed by atoms with Crippen LogP contribution in [-0.4, -0.2) is 51.4 Å². The third-order valence-electron chi connectivity index (χ3n) is 5.15. The molecule has 0 aliphatic carbocycles. The number of hydrogen-bond donors (Lipinski definition) is 1. The minimum Gasteiger partial charge on any atom is -0.490 e. The Morgan fingerprint density at radius 2 is 1.77 bits per heavy atom. The van der Waals surface area contributed by atoms with E-state index in [-0.39, 0.29) is 6.10 Å². The molecule has 30 heavy (non-hydrogen) atoms. The van der Waals surface area contributed by atoms with E-state index in [1.165, 1.54) is 0 Å². The van der Waals surface area contributed by atoms with E-state index in [1.807, 2.05) is 65.2 Å². The van der Waals surface area contributed by atoms with Gasteiger partial charge in [0.15, 0.2) is 11.8 Å². The fourth-order valence-electron chi connectivity index (χ4n) is 3.62. The Balaban J connectivity index is 1.39. The van der Waals surface area contributed by atoms with Crippen molar-refractivity contribution in [2.45, 2.75) is 32.4 Å². The number of likely N-dealkylation sites (tertiary alicyclic amines) is 1. The molecule has 0 spiro atoms. The molecule has 1 aliphatic rings. The highest BCUT2D eigenvalue weighted by Crippen LogP contribution is 2.19. The van der Waals surface area contributed by atoms with Crippen molar-refractivity contribution < 1.29 is 4.74 Å². The molecule has 0 saturated carbocycles. The second-order valence-corrected chi connectivity index (χ2v) is 7.24. The molecule has 0 bridgehead atoms. The van der Waals surface area contributed by atoms with E-state index >= 15 is 0 Å². The van der Waals surface area contributed by atoms with Gasteiger partial charge in [-0.1, -0.05) is 36.4 Å². The summed E-state index contributed by atoms with van der Waals surface area (Å²) in [6.45, 7) is 5.21. The summed E-state index contributed by atoms with van der Waals surface area (Å²) in [6.07, 6.45) is 3.92. The molecule has 2 heterocycles. The molecule has 7 nitrogen and oxygen atoms in total. The molecule has 0 unspecified atom stereocenters. The van der Waals surface area contributed by atoms with Crippen molar-refractivity contribution in [2.75, 3.05) is 19.6 Å². The number of nitrogens with zero attached hydrogens (tertiary/aromatic N) is 5. The quantitative estimate of drug-likeness (QED) is 0.504. The van der Waals surface area contributed by atoms with Gasteiger partial charge in [0, 0.05) is 38.2 Å². The molecule has 0 radical (unpaired) electrons. The first-order chi connectivity index (χ1) is 14.8. The van der Waals surface area contributed by atoms with E-state index < -0.39 is 0 Å². The first kappa shape index (κ1) is 19.9. The number of guanidine groups is 1. The highest BCUT2D eigenvalue weighted by Gasteiger charge is 2.23. The second-order valence-electron chi connectivity index (χ2n) is 7.24. The molecule has 1 aliphatic heterocycles. The van der Waals surface area contributed by atoms with Crippen LogP contribution in [-0.2, 0) is 6.54 Å². The van der Waals surface area contributed by atoms with Gasteiger partial charge in [-0.15, -0.1) is 10.2 Å². The van der Waals surface area contributed by atoms with Crippen LogP contribution in [0.15, 0.2) is 72.0 Å². The number of aliphatic imine (C=N–C) groups is 1. The molecule has 4 rings (SSSR count). The predicted octanol–water partition coefficient (Wildman–Crippen LogP) is 3.28. The zero-order chi connectivity index (χ0) is 20.6. The molecular formula is C23H28N6O. The second kappa shape index (κ2) is 9.91.